The van der Waals surface area contributed by atoms with Crippen LogP contribution >= 0.6 is 11.6 Å². The van der Waals surface area contributed by atoms with E-state index in [-0.39, 0.29) is 28.0 Å². The summed E-state index contributed by atoms with van der Waals surface area (Å²) in [5.74, 6) is 0.607. The fourth-order valence-corrected chi connectivity index (χ4v) is 3.10. The molecule has 3 heterocycles. The van der Waals surface area contributed by atoms with E-state index in [4.69, 9.17) is 20.8 Å². The zero-order valence-corrected chi connectivity index (χ0v) is 16.9. The molecule has 1 N–H and O–H groups in total. The quantitative estimate of drug-likeness (QED) is 0.457. The number of alkyl halides is 3. The SMILES string of the molecule is COc1cnc(-c2ncccn2)c(C(C)Nc2nc3cc(C(F)(F)F)cc(Cl)c3o2)n1. The topological polar surface area (TPSA) is 98.9 Å². The number of anilines is 1. The van der Waals surface area contributed by atoms with Gasteiger partial charge in [0.05, 0.1) is 35.6 Å². The number of oxazole rings is 1. The molecular formula is C19H14ClF3N6O2. The molecule has 12 heteroatoms. The molecule has 0 aliphatic carbocycles. The largest absolute Gasteiger partial charge is 0.480 e. The van der Waals surface area contributed by atoms with Crippen molar-refractivity contribution in [1.29, 1.82) is 0 Å². The van der Waals surface area contributed by atoms with Gasteiger partial charge in [-0.15, -0.1) is 0 Å². The van der Waals surface area contributed by atoms with Gasteiger partial charge in [-0.2, -0.15) is 18.2 Å². The predicted molar refractivity (Wildman–Crippen MR) is 106 cm³/mol. The highest BCUT2D eigenvalue weighted by molar-refractivity contribution is 6.34. The number of halogens is 4. The fourth-order valence-electron chi connectivity index (χ4n) is 2.85. The van der Waals surface area contributed by atoms with E-state index < -0.39 is 17.8 Å². The average molecular weight is 451 g/mol. The number of hydrogen-bond acceptors (Lipinski definition) is 8. The van der Waals surface area contributed by atoms with E-state index in [2.05, 4.69) is 30.2 Å². The molecule has 160 valence electrons. The number of nitrogens with one attached hydrogen (secondary N) is 1. The number of aromatic nitrogens is 5. The highest BCUT2D eigenvalue weighted by atomic mass is 35.5. The molecule has 0 radical (unpaired) electrons. The molecule has 0 spiro atoms. The van der Waals surface area contributed by atoms with E-state index in [9.17, 15) is 13.2 Å². The van der Waals surface area contributed by atoms with Gasteiger partial charge in [-0.05, 0) is 25.1 Å². The smallest absolute Gasteiger partial charge is 0.416 e. The Hall–Kier alpha value is -3.47. The first-order chi connectivity index (χ1) is 14.8. The second-order valence-corrected chi connectivity index (χ2v) is 6.81. The van der Waals surface area contributed by atoms with Crippen LogP contribution in [-0.4, -0.2) is 32.0 Å². The summed E-state index contributed by atoms with van der Waals surface area (Å²) in [6.45, 7) is 1.74. The molecule has 1 aromatic carbocycles. The van der Waals surface area contributed by atoms with Crippen molar-refractivity contribution in [1.82, 2.24) is 24.9 Å². The summed E-state index contributed by atoms with van der Waals surface area (Å²) >= 11 is 5.96. The number of benzene rings is 1. The van der Waals surface area contributed by atoms with Crippen LogP contribution in [0.2, 0.25) is 5.02 Å². The lowest BCUT2D eigenvalue weighted by molar-refractivity contribution is -0.137. The van der Waals surface area contributed by atoms with Gasteiger partial charge in [0.25, 0.3) is 6.01 Å². The zero-order chi connectivity index (χ0) is 22.2. The molecule has 0 aliphatic heterocycles. The van der Waals surface area contributed by atoms with Gasteiger partial charge in [0, 0.05) is 12.4 Å². The Labute approximate surface area is 178 Å². The second kappa shape index (κ2) is 7.99. The summed E-state index contributed by atoms with van der Waals surface area (Å²) in [7, 11) is 1.45. The first kappa shape index (κ1) is 20.8. The summed E-state index contributed by atoms with van der Waals surface area (Å²) in [5, 5.41) is 2.77. The van der Waals surface area contributed by atoms with Gasteiger partial charge in [0.2, 0.25) is 5.88 Å². The summed E-state index contributed by atoms with van der Waals surface area (Å²) < 4.78 is 49.8. The van der Waals surface area contributed by atoms with Crippen molar-refractivity contribution in [3.05, 3.63) is 53.1 Å². The van der Waals surface area contributed by atoms with E-state index in [0.717, 1.165) is 12.1 Å². The number of ether oxygens (including phenoxy) is 1. The monoisotopic (exact) mass is 450 g/mol. The molecule has 8 nitrogen and oxygen atoms in total. The van der Waals surface area contributed by atoms with Crippen molar-refractivity contribution in [3.63, 3.8) is 0 Å². The summed E-state index contributed by atoms with van der Waals surface area (Å²) in [6.07, 6.45) is 0.00649. The number of fused-ring (bicyclic) bond motifs is 1. The van der Waals surface area contributed by atoms with Crippen LogP contribution in [0.1, 0.15) is 24.2 Å². The predicted octanol–water partition coefficient (Wildman–Crippen LogP) is 4.93. The van der Waals surface area contributed by atoms with Crippen molar-refractivity contribution in [2.24, 2.45) is 0 Å². The average Bonchev–Trinajstić information content (AvgIpc) is 3.16. The third-order valence-electron chi connectivity index (χ3n) is 4.29. The Morgan fingerprint density at radius 3 is 2.55 bits per heavy atom. The van der Waals surface area contributed by atoms with E-state index in [1.807, 2.05) is 0 Å². The van der Waals surface area contributed by atoms with Crippen LogP contribution in [-0.2, 0) is 6.18 Å². The molecule has 4 aromatic rings. The minimum Gasteiger partial charge on any atom is -0.480 e. The van der Waals surface area contributed by atoms with Gasteiger partial charge >= 0.3 is 6.18 Å². The van der Waals surface area contributed by atoms with Crippen molar-refractivity contribution in [2.45, 2.75) is 19.1 Å². The molecule has 0 amide bonds. The number of rotatable bonds is 5. The van der Waals surface area contributed by atoms with Gasteiger partial charge in [-0.3, -0.25) is 0 Å². The van der Waals surface area contributed by atoms with Gasteiger partial charge in [0.1, 0.15) is 11.2 Å². The maximum Gasteiger partial charge on any atom is 0.416 e. The molecule has 0 saturated heterocycles. The minimum atomic E-state index is -4.56. The Morgan fingerprint density at radius 1 is 1.13 bits per heavy atom. The molecular weight excluding hydrogens is 437 g/mol. The van der Waals surface area contributed by atoms with Gasteiger partial charge in [-0.25, -0.2) is 19.9 Å². The molecule has 0 bridgehead atoms. The van der Waals surface area contributed by atoms with Crippen molar-refractivity contribution in [2.75, 3.05) is 12.4 Å². The molecule has 4 rings (SSSR count). The Morgan fingerprint density at radius 2 is 1.87 bits per heavy atom. The van der Waals surface area contributed by atoms with Crippen LogP contribution in [0.15, 0.2) is 41.2 Å². The lowest BCUT2D eigenvalue weighted by atomic mass is 10.1. The second-order valence-electron chi connectivity index (χ2n) is 6.41. The molecule has 0 fully saturated rings. The van der Waals surface area contributed by atoms with Gasteiger partial charge in [0.15, 0.2) is 11.4 Å². The molecule has 0 saturated carbocycles. The molecule has 31 heavy (non-hydrogen) atoms. The van der Waals surface area contributed by atoms with Gasteiger partial charge in [-0.1, -0.05) is 11.6 Å². The molecule has 0 aliphatic rings. The first-order valence-corrected chi connectivity index (χ1v) is 9.26. The van der Waals surface area contributed by atoms with E-state index in [0.29, 0.717) is 17.2 Å². The number of hydrogen-bond donors (Lipinski definition) is 1. The van der Waals surface area contributed by atoms with Crippen molar-refractivity contribution >= 4 is 28.7 Å². The summed E-state index contributed by atoms with van der Waals surface area (Å²) in [5.41, 5.74) is -0.0876. The third-order valence-corrected chi connectivity index (χ3v) is 4.57. The maximum absolute atomic E-state index is 13.0. The molecule has 3 aromatic heterocycles. The normalized spacial score (nSPS) is 12.7. The van der Waals surface area contributed by atoms with Crippen LogP contribution in [0.3, 0.4) is 0 Å². The minimum absolute atomic E-state index is 0.0298. The Balaban J connectivity index is 1.70. The van der Waals surface area contributed by atoms with E-state index in [1.54, 1.807) is 25.4 Å². The summed E-state index contributed by atoms with van der Waals surface area (Å²) in [4.78, 5) is 21.2. The van der Waals surface area contributed by atoms with Crippen LogP contribution in [0.5, 0.6) is 5.88 Å². The van der Waals surface area contributed by atoms with E-state index in [1.165, 1.54) is 13.3 Å². The standard InChI is InChI=1S/C19H14ClF3N6O2/c1-9(14-15(17-24-4-3-5-25-17)26-8-13(29-14)30-2)27-18-28-12-7-10(19(21,22)23)6-11(20)16(12)31-18/h3-9H,1-2H3,(H,27,28). The maximum atomic E-state index is 13.0. The van der Waals surface area contributed by atoms with Gasteiger partial charge < -0.3 is 14.5 Å². The Bertz CT molecular complexity index is 1230. The first-order valence-electron chi connectivity index (χ1n) is 8.88. The van der Waals surface area contributed by atoms with E-state index >= 15 is 0 Å². The molecule has 1 unspecified atom stereocenters. The Kier molecular flexibility index (Phi) is 5.36. The van der Waals surface area contributed by atoms with Crippen LogP contribution < -0.4 is 10.1 Å². The molecule has 1 atom stereocenters. The lowest BCUT2D eigenvalue weighted by Crippen LogP contribution is -2.12. The van der Waals surface area contributed by atoms with Crippen molar-refractivity contribution < 1.29 is 22.3 Å². The van der Waals surface area contributed by atoms with Crippen molar-refractivity contribution in [3.8, 4) is 17.4 Å². The highest BCUT2D eigenvalue weighted by Gasteiger charge is 2.32. The van der Waals surface area contributed by atoms with Crippen LogP contribution in [0, 0.1) is 0 Å². The van der Waals surface area contributed by atoms with Crippen LogP contribution in [0.4, 0.5) is 19.2 Å². The highest BCUT2D eigenvalue weighted by Crippen LogP contribution is 2.36. The lowest BCUT2D eigenvalue weighted by Gasteiger charge is -2.15. The number of methoxy groups -OCH3 is 1. The summed E-state index contributed by atoms with van der Waals surface area (Å²) in [6, 6.07) is 2.75. The third kappa shape index (κ3) is 4.22. The van der Waals surface area contributed by atoms with Crippen LogP contribution in [0.25, 0.3) is 22.6 Å². The fraction of sp³-hybridized carbons (Fsp3) is 0.211. The zero-order valence-electron chi connectivity index (χ0n) is 16.1. The number of nitrogens with zero attached hydrogens (tertiary/aromatic N) is 5.